The number of benzene rings is 1. The molecule has 0 aromatic heterocycles. The van der Waals surface area contributed by atoms with Crippen molar-refractivity contribution in [3.8, 4) is 5.75 Å². The summed E-state index contributed by atoms with van der Waals surface area (Å²) in [5, 5.41) is 0.655. The summed E-state index contributed by atoms with van der Waals surface area (Å²) in [7, 11) is 1.61. The molecule has 0 bridgehead atoms. The molecular weight excluding hydrogens is 253 g/mol. The second-order valence-electron chi connectivity index (χ2n) is 2.80. The molecule has 1 aromatic rings. The van der Waals surface area contributed by atoms with E-state index < -0.39 is 0 Å². The van der Waals surface area contributed by atoms with E-state index in [0.717, 1.165) is 15.8 Å². The van der Waals surface area contributed by atoms with Gasteiger partial charge in [0.1, 0.15) is 5.75 Å². The number of nitrogens with two attached hydrogens (primary N) is 1. The predicted octanol–water partition coefficient (Wildman–Crippen LogP) is 3.13. The Kier molecular flexibility index (Phi) is 3.59. The smallest absolute Gasteiger partial charge is 0.133 e. The van der Waals surface area contributed by atoms with Crippen LogP contribution in [-0.4, -0.2) is 7.11 Å². The highest BCUT2D eigenvalue weighted by Gasteiger charge is 2.09. The number of rotatable bonds is 2. The molecule has 0 aliphatic heterocycles. The van der Waals surface area contributed by atoms with Gasteiger partial charge in [0.25, 0.3) is 0 Å². The van der Waals surface area contributed by atoms with E-state index >= 15 is 0 Å². The first kappa shape index (κ1) is 10.8. The van der Waals surface area contributed by atoms with Gasteiger partial charge in [-0.1, -0.05) is 11.6 Å². The Bertz CT molecular complexity index is 315. The number of hydrogen-bond donors (Lipinski definition) is 1. The van der Waals surface area contributed by atoms with Crippen molar-refractivity contribution in [2.24, 2.45) is 5.73 Å². The van der Waals surface area contributed by atoms with Gasteiger partial charge >= 0.3 is 0 Å². The van der Waals surface area contributed by atoms with E-state index in [1.54, 1.807) is 13.2 Å². The molecule has 0 amide bonds. The van der Waals surface area contributed by atoms with Crippen molar-refractivity contribution in [2.75, 3.05) is 7.11 Å². The Morgan fingerprint density at radius 2 is 2.15 bits per heavy atom. The molecule has 1 unspecified atom stereocenters. The van der Waals surface area contributed by atoms with E-state index in [-0.39, 0.29) is 6.04 Å². The van der Waals surface area contributed by atoms with Gasteiger partial charge in [0.15, 0.2) is 0 Å². The third-order valence-corrected chi connectivity index (χ3v) is 2.71. The van der Waals surface area contributed by atoms with Gasteiger partial charge in [0.2, 0.25) is 0 Å². The first-order chi connectivity index (χ1) is 6.06. The quantitative estimate of drug-likeness (QED) is 0.891. The molecule has 4 heteroatoms. The second kappa shape index (κ2) is 4.31. The maximum absolute atomic E-state index is 5.99. The van der Waals surface area contributed by atoms with Gasteiger partial charge in [0, 0.05) is 11.1 Å². The Labute approximate surface area is 91.2 Å². The van der Waals surface area contributed by atoms with Gasteiger partial charge < -0.3 is 10.5 Å². The highest BCUT2D eigenvalue weighted by molar-refractivity contribution is 9.10. The lowest BCUT2D eigenvalue weighted by Crippen LogP contribution is -2.06. The molecule has 0 spiro atoms. The molecule has 1 aromatic carbocycles. The number of methoxy groups -OCH3 is 1. The second-order valence-corrected chi connectivity index (χ2v) is 4.06. The van der Waals surface area contributed by atoms with Crippen molar-refractivity contribution in [2.45, 2.75) is 13.0 Å². The minimum absolute atomic E-state index is 0.0884. The third-order valence-electron chi connectivity index (χ3n) is 1.76. The normalized spacial score (nSPS) is 12.7. The van der Waals surface area contributed by atoms with Gasteiger partial charge in [0.05, 0.1) is 11.6 Å². The van der Waals surface area contributed by atoms with Crippen molar-refractivity contribution in [3.63, 3.8) is 0 Å². The minimum Gasteiger partial charge on any atom is -0.496 e. The lowest BCUT2D eigenvalue weighted by Gasteiger charge is -2.11. The van der Waals surface area contributed by atoms with E-state index in [0.29, 0.717) is 5.02 Å². The largest absolute Gasteiger partial charge is 0.496 e. The van der Waals surface area contributed by atoms with Gasteiger partial charge in [-0.2, -0.15) is 0 Å². The van der Waals surface area contributed by atoms with Crippen LogP contribution < -0.4 is 10.5 Å². The molecule has 1 atom stereocenters. The molecule has 13 heavy (non-hydrogen) atoms. The van der Waals surface area contributed by atoms with Crippen molar-refractivity contribution < 1.29 is 4.74 Å². The summed E-state index contributed by atoms with van der Waals surface area (Å²) in [6.07, 6.45) is 0. The molecule has 0 aliphatic rings. The third kappa shape index (κ3) is 2.36. The SMILES string of the molecule is COc1cc(C(C)N)c(Cl)cc1Br. The summed E-state index contributed by atoms with van der Waals surface area (Å²) in [5.41, 5.74) is 6.62. The van der Waals surface area contributed by atoms with Crippen LogP contribution >= 0.6 is 27.5 Å². The number of hydrogen-bond acceptors (Lipinski definition) is 2. The van der Waals surface area contributed by atoms with Crippen LogP contribution in [0.25, 0.3) is 0 Å². The fraction of sp³-hybridized carbons (Fsp3) is 0.333. The van der Waals surface area contributed by atoms with Gasteiger partial charge in [-0.15, -0.1) is 0 Å². The van der Waals surface area contributed by atoms with Crippen LogP contribution in [0.3, 0.4) is 0 Å². The average Bonchev–Trinajstić information content (AvgIpc) is 2.03. The van der Waals surface area contributed by atoms with Crippen LogP contribution in [0, 0.1) is 0 Å². The molecule has 2 N–H and O–H groups in total. The Morgan fingerprint density at radius 1 is 1.54 bits per heavy atom. The van der Waals surface area contributed by atoms with Crippen molar-refractivity contribution >= 4 is 27.5 Å². The van der Waals surface area contributed by atoms with Gasteiger partial charge in [-0.05, 0) is 40.5 Å². The summed E-state index contributed by atoms with van der Waals surface area (Å²) in [5.74, 6) is 0.747. The molecule has 0 fully saturated rings. The monoisotopic (exact) mass is 263 g/mol. The molecule has 1 rings (SSSR count). The number of halogens is 2. The summed E-state index contributed by atoms with van der Waals surface area (Å²) < 4.78 is 5.97. The molecular formula is C9H11BrClNO. The van der Waals surface area contributed by atoms with Crippen molar-refractivity contribution in [3.05, 3.63) is 27.2 Å². The van der Waals surface area contributed by atoms with Crippen LogP contribution in [0.5, 0.6) is 5.75 Å². The number of ether oxygens (including phenoxy) is 1. The zero-order valence-corrected chi connectivity index (χ0v) is 9.82. The van der Waals surface area contributed by atoms with Gasteiger partial charge in [-0.25, -0.2) is 0 Å². The summed E-state index contributed by atoms with van der Waals surface area (Å²) in [4.78, 5) is 0. The summed E-state index contributed by atoms with van der Waals surface area (Å²) in [6, 6.07) is 3.55. The van der Waals surface area contributed by atoms with Crippen molar-refractivity contribution in [1.29, 1.82) is 0 Å². The van der Waals surface area contributed by atoms with Gasteiger partial charge in [-0.3, -0.25) is 0 Å². The predicted molar refractivity (Wildman–Crippen MR) is 58.3 cm³/mol. The topological polar surface area (TPSA) is 35.2 Å². The van der Waals surface area contributed by atoms with E-state index in [1.165, 1.54) is 0 Å². The van der Waals surface area contributed by atoms with Crippen LogP contribution in [0.1, 0.15) is 18.5 Å². The fourth-order valence-electron chi connectivity index (χ4n) is 1.05. The first-order valence-electron chi connectivity index (χ1n) is 3.84. The van der Waals surface area contributed by atoms with E-state index in [2.05, 4.69) is 15.9 Å². The van der Waals surface area contributed by atoms with Crippen molar-refractivity contribution in [1.82, 2.24) is 0 Å². The standard InChI is InChI=1S/C9H11BrClNO/c1-5(12)6-3-9(13-2)7(10)4-8(6)11/h3-5H,12H2,1-2H3. The Morgan fingerprint density at radius 3 is 2.62 bits per heavy atom. The Balaban J connectivity index is 3.22. The van der Waals surface area contributed by atoms with Crippen LogP contribution in [0.4, 0.5) is 0 Å². The average molecular weight is 265 g/mol. The van der Waals surface area contributed by atoms with E-state index in [4.69, 9.17) is 22.1 Å². The maximum Gasteiger partial charge on any atom is 0.133 e. The lowest BCUT2D eigenvalue weighted by atomic mass is 10.1. The minimum atomic E-state index is -0.0884. The van der Waals surface area contributed by atoms with E-state index in [1.807, 2.05) is 13.0 Å². The zero-order valence-electron chi connectivity index (χ0n) is 7.47. The molecule has 0 saturated carbocycles. The molecule has 0 radical (unpaired) electrons. The zero-order chi connectivity index (χ0) is 10.0. The van der Waals surface area contributed by atoms with Crippen LogP contribution in [-0.2, 0) is 0 Å². The molecule has 2 nitrogen and oxygen atoms in total. The Hall–Kier alpha value is -0.250. The summed E-state index contributed by atoms with van der Waals surface area (Å²) in [6.45, 7) is 1.88. The highest BCUT2D eigenvalue weighted by atomic mass is 79.9. The lowest BCUT2D eigenvalue weighted by molar-refractivity contribution is 0.411. The summed E-state index contributed by atoms with van der Waals surface area (Å²) >= 11 is 9.33. The maximum atomic E-state index is 5.99. The van der Waals surface area contributed by atoms with Crippen LogP contribution in [0.2, 0.25) is 5.02 Å². The fourth-order valence-corrected chi connectivity index (χ4v) is 2.02. The molecule has 0 saturated heterocycles. The van der Waals surface area contributed by atoms with E-state index in [9.17, 15) is 0 Å². The highest BCUT2D eigenvalue weighted by Crippen LogP contribution is 2.33. The first-order valence-corrected chi connectivity index (χ1v) is 5.02. The molecule has 0 aliphatic carbocycles. The molecule has 72 valence electrons. The van der Waals surface area contributed by atoms with Crippen LogP contribution in [0.15, 0.2) is 16.6 Å². The molecule has 0 heterocycles.